The van der Waals surface area contributed by atoms with Crippen molar-refractivity contribution in [3.63, 3.8) is 0 Å². The average Bonchev–Trinajstić information content (AvgIpc) is 2.82. The Balaban J connectivity index is 1.39. The first-order chi connectivity index (χ1) is 16.9. The number of anilines is 1. The summed E-state index contributed by atoms with van der Waals surface area (Å²) in [6.45, 7) is 10.7. The molecule has 7 nitrogen and oxygen atoms in total. The van der Waals surface area contributed by atoms with Crippen LogP contribution >= 0.6 is 0 Å². The summed E-state index contributed by atoms with van der Waals surface area (Å²) < 4.78 is 28.9. The third-order valence-electron chi connectivity index (χ3n) is 8.68. The zero-order valence-corrected chi connectivity index (χ0v) is 22.7. The van der Waals surface area contributed by atoms with Gasteiger partial charge in [0.2, 0.25) is 21.8 Å². The summed E-state index contributed by atoms with van der Waals surface area (Å²) in [7, 11) is -3.69. The molecule has 4 rings (SSSR count). The highest BCUT2D eigenvalue weighted by Gasteiger charge is 2.51. The van der Waals surface area contributed by atoms with E-state index >= 15 is 0 Å². The summed E-state index contributed by atoms with van der Waals surface area (Å²) in [6.07, 6.45) is 8.96. The van der Waals surface area contributed by atoms with Gasteiger partial charge in [-0.15, -0.1) is 0 Å². The minimum Gasteiger partial charge on any atom is -0.350 e. The van der Waals surface area contributed by atoms with Crippen LogP contribution in [0.2, 0.25) is 0 Å². The number of hydrogen-bond acceptors (Lipinski definition) is 4. The lowest BCUT2D eigenvalue weighted by Crippen LogP contribution is -2.63. The van der Waals surface area contributed by atoms with Crippen LogP contribution in [0.4, 0.5) is 5.69 Å². The molecule has 0 aromatic heterocycles. The molecule has 2 saturated carbocycles. The maximum absolute atomic E-state index is 13.6. The molecule has 1 unspecified atom stereocenters. The average molecular weight is 516 g/mol. The Kier molecular flexibility index (Phi) is 7.68. The van der Waals surface area contributed by atoms with Gasteiger partial charge >= 0.3 is 0 Å². The molecule has 0 radical (unpaired) electrons. The number of rotatable bonds is 6. The van der Waals surface area contributed by atoms with E-state index in [9.17, 15) is 18.0 Å². The topological polar surface area (TPSA) is 95.6 Å². The third-order valence-corrected chi connectivity index (χ3v) is 10.7. The molecular weight excluding hydrogens is 474 g/mol. The predicted molar refractivity (Wildman–Crippen MR) is 142 cm³/mol. The number of carbonyl (C=O) groups excluding carboxylic acids is 2. The number of sulfonamides is 1. The number of hydrogen-bond donors (Lipinski definition) is 2. The van der Waals surface area contributed by atoms with Crippen molar-refractivity contribution < 1.29 is 18.0 Å². The first kappa shape index (κ1) is 26.9. The fraction of sp³-hybridized carbons (Fsp3) is 0.643. The Morgan fingerprint density at radius 3 is 2.22 bits per heavy atom. The van der Waals surface area contributed by atoms with E-state index in [1.807, 2.05) is 0 Å². The number of amides is 2. The fourth-order valence-electron chi connectivity index (χ4n) is 6.27. The van der Waals surface area contributed by atoms with Crippen molar-refractivity contribution in [2.45, 2.75) is 95.0 Å². The van der Waals surface area contributed by atoms with Crippen LogP contribution in [-0.4, -0.2) is 42.7 Å². The summed E-state index contributed by atoms with van der Waals surface area (Å²) >= 11 is 0. The molecule has 1 atom stereocenters. The zero-order chi connectivity index (χ0) is 26.1. The smallest absolute Gasteiger partial charge is 0.243 e. The van der Waals surface area contributed by atoms with Gasteiger partial charge in [-0.3, -0.25) is 9.59 Å². The van der Waals surface area contributed by atoms with E-state index in [0.717, 1.165) is 44.9 Å². The minimum absolute atomic E-state index is 0.00774. The third kappa shape index (κ3) is 5.54. The fourth-order valence-corrected chi connectivity index (χ4v) is 8.12. The standard InChI is InChI=1S/C28H41N3O4S/c1-5-25(32)29-23-15-18-31(28(19-23)16-6-17-28)36(34,35)24-13-11-22(12-14-24)30-26(33)20-7-9-21(10-8-20)27(2,3)4/h5,11-14,20-21,23H,1,6-10,15-19H2,2-4H3,(H,29,32)(H,30,33). The molecule has 1 spiro atoms. The zero-order valence-electron chi connectivity index (χ0n) is 21.9. The summed E-state index contributed by atoms with van der Waals surface area (Å²) in [4.78, 5) is 24.9. The maximum Gasteiger partial charge on any atom is 0.243 e. The van der Waals surface area contributed by atoms with Crippen LogP contribution < -0.4 is 10.6 Å². The van der Waals surface area contributed by atoms with Crippen molar-refractivity contribution in [2.75, 3.05) is 11.9 Å². The molecule has 36 heavy (non-hydrogen) atoms. The number of nitrogens with one attached hydrogen (secondary N) is 2. The van der Waals surface area contributed by atoms with E-state index in [1.165, 1.54) is 6.08 Å². The number of piperidine rings is 1. The van der Waals surface area contributed by atoms with Crippen LogP contribution in [0, 0.1) is 17.3 Å². The Bertz CT molecular complexity index is 1080. The van der Waals surface area contributed by atoms with Gasteiger partial charge in [-0.25, -0.2) is 8.42 Å². The minimum atomic E-state index is -3.69. The highest BCUT2D eigenvalue weighted by atomic mass is 32.2. The maximum atomic E-state index is 13.6. The normalized spacial score (nSPS) is 26.6. The van der Waals surface area contributed by atoms with Crippen LogP contribution in [0.5, 0.6) is 0 Å². The lowest BCUT2D eigenvalue weighted by Gasteiger charge is -2.54. The summed E-state index contributed by atoms with van der Waals surface area (Å²) in [5.74, 6) is 0.461. The molecule has 2 N–H and O–H groups in total. The van der Waals surface area contributed by atoms with Crippen LogP contribution in [0.25, 0.3) is 0 Å². The molecule has 198 valence electrons. The molecule has 1 aromatic rings. The highest BCUT2D eigenvalue weighted by molar-refractivity contribution is 7.89. The molecule has 1 saturated heterocycles. The monoisotopic (exact) mass is 515 g/mol. The van der Waals surface area contributed by atoms with Crippen molar-refractivity contribution in [1.29, 1.82) is 0 Å². The van der Waals surface area contributed by atoms with Crippen LogP contribution in [0.3, 0.4) is 0 Å². The molecular formula is C28H41N3O4S. The molecule has 2 aliphatic carbocycles. The highest BCUT2D eigenvalue weighted by Crippen LogP contribution is 2.47. The number of carbonyl (C=O) groups is 2. The second-order valence-corrected chi connectivity index (χ2v) is 13.8. The van der Waals surface area contributed by atoms with Crippen molar-refractivity contribution >= 4 is 27.5 Å². The van der Waals surface area contributed by atoms with Gasteiger partial charge in [0.1, 0.15) is 0 Å². The van der Waals surface area contributed by atoms with E-state index in [4.69, 9.17) is 0 Å². The SMILES string of the molecule is C=CC(=O)NC1CCN(S(=O)(=O)c2ccc(NC(=O)C3CCC(C(C)(C)C)CC3)cc2)C2(CCC2)C1. The lowest BCUT2D eigenvalue weighted by molar-refractivity contribution is -0.121. The van der Waals surface area contributed by atoms with Crippen molar-refractivity contribution in [2.24, 2.45) is 17.3 Å². The van der Waals surface area contributed by atoms with Gasteiger partial charge in [0.15, 0.2) is 0 Å². The molecule has 3 fully saturated rings. The number of benzene rings is 1. The summed E-state index contributed by atoms with van der Waals surface area (Å²) in [6, 6.07) is 6.53. The van der Waals surface area contributed by atoms with E-state index in [0.29, 0.717) is 31.0 Å². The second-order valence-electron chi connectivity index (χ2n) is 12.0. The Hall–Kier alpha value is -2.19. The van der Waals surface area contributed by atoms with Crippen molar-refractivity contribution in [3.05, 3.63) is 36.9 Å². The van der Waals surface area contributed by atoms with Crippen molar-refractivity contribution in [3.8, 4) is 0 Å². The van der Waals surface area contributed by atoms with Crippen molar-refractivity contribution in [1.82, 2.24) is 9.62 Å². The first-order valence-electron chi connectivity index (χ1n) is 13.3. The van der Waals surface area contributed by atoms with Gasteiger partial charge in [0, 0.05) is 29.7 Å². The Morgan fingerprint density at radius 1 is 1.06 bits per heavy atom. The van der Waals surface area contributed by atoms with E-state index in [-0.39, 0.29) is 34.1 Å². The van der Waals surface area contributed by atoms with E-state index in [2.05, 4.69) is 38.0 Å². The van der Waals surface area contributed by atoms with Crippen LogP contribution in [0.1, 0.15) is 78.6 Å². The Labute approximate surface area is 216 Å². The largest absolute Gasteiger partial charge is 0.350 e. The van der Waals surface area contributed by atoms with Crippen LogP contribution in [-0.2, 0) is 19.6 Å². The van der Waals surface area contributed by atoms with Gasteiger partial charge < -0.3 is 10.6 Å². The predicted octanol–water partition coefficient (Wildman–Crippen LogP) is 4.86. The summed E-state index contributed by atoms with van der Waals surface area (Å²) in [5, 5.41) is 5.94. The van der Waals surface area contributed by atoms with Gasteiger partial charge in [-0.2, -0.15) is 4.31 Å². The second kappa shape index (κ2) is 10.3. The first-order valence-corrected chi connectivity index (χ1v) is 14.8. The summed E-state index contributed by atoms with van der Waals surface area (Å²) in [5.41, 5.74) is 0.464. The quantitative estimate of drug-likeness (QED) is 0.529. The molecule has 8 heteroatoms. The molecule has 2 amide bonds. The van der Waals surface area contributed by atoms with E-state index < -0.39 is 15.6 Å². The molecule has 0 bridgehead atoms. The molecule has 1 heterocycles. The number of nitrogens with zero attached hydrogens (tertiary/aromatic N) is 1. The van der Waals surface area contributed by atoms with Gasteiger partial charge in [-0.05, 0) is 99.5 Å². The van der Waals surface area contributed by atoms with Crippen LogP contribution in [0.15, 0.2) is 41.8 Å². The molecule has 1 aliphatic heterocycles. The van der Waals surface area contributed by atoms with Gasteiger partial charge in [0.25, 0.3) is 0 Å². The Morgan fingerprint density at radius 2 is 1.69 bits per heavy atom. The lowest BCUT2D eigenvalue weighted by atomic mass is 9.69. The van der Waals surface area contributed by atoms with Gasteiger partial charge in [0.05, 0.1) is 4.90 Å². The van der Waals surface area contributed by atoms with E-state index in [1.54, 1.807) is 28.6 Å². The molecule has 3 aliphatic rings. The van der Waals surface area contributed by atoms with Gasteiger partial charge in [-0.1, -0.05) is 27.4 Å². The molecule has 1 aromatic carbocycles.